The molecule has 1 amide bonds. The molecule has 0 saturated heterocycles. The molecule has 1 aliphatic rings. The lowest BCUT2D eigenvalue weighted by molar-refractivity contribution is -0.116. The lowest BCUT2D eigenvalue weighted by atomic mass is 9.96. The van der Waals surface area contributed by atoms with Gasteiger partial charge in [0.2, 0.25) is 26.0 Å². The van der Waals surface area contributed by atoms with Crippen molar-refractivity contribution in [2.24, 2.45) is 0 Å². The SMILES string of the molecule is O=C(CCNS(=O)(=O)c1ccc(Br)cc1)Nc1ccc(S(=O)(=O)NC2CCCCC2)cc1. The highest BCUT2D eigenvalue weighted by molar-refractivity contribution is 9.10. The van der Waals surface area contributed by atoms with Crippen LogP contribution in [0.4, 0.5) is 5.69 Å². The molecule has 174 valence electrons. The van der Waals surface area contributed by atoms with Gasteiger partial charge in [0.1, 0.15) is 0 Å². The highest BCUT2D eigenvalue weighted by atomic mass is 79.9. The summed E-state index contributed by atoms with van der Waals surface area (Å²) in [6.07, 6.45) is 4.81. The van der Waals surface area contributed by atoms with E-state index in [0.29, 0.717) is 5.69 Å². The first-order chi connectivity index (χ1) is 15.2. The first kappa shape index (κ1) is 24.8. The van der Waals surface area contributed by atoms with Crippen molar-refractivity contribution in [1.82, 2.24) is 9.44 Å². The van der Waals surface area contributed by atoms with Crippen LogP contribution < -0.4 is 14.8 Å². The fraction of sp³-hybridized carbons (Fsp3) is 0.381. The van der Waals surface area contributed by atoms with Crippen LogP contribution in [0.3, 0.4) is 0 Å². The van der Waals surface area contributed by atoms with Gasteiger partial charge in [0.15, 0.2) is 0 Å². The van der Waals surface area contributed by atoms with Crippen molar-refractivity contribution in [2.45, 2.75) is 54.4 Å². The molecule has 0 aromatic heterocycles. The van der Waals surface area contributed by atoms with E-state index in [4.69, 9.17) is 0 Å². The molecule has 11 heteroatoms. The number of sulfonamides is 2. The third-order valence-corrected chi connectivity index (χ3v) is 8.69. The summed E-state index contributed by atoms with van der Waals surface area (Å²) < 4.78 is 55.4. The maximum Gasteiger partial charge on any atom is 0.240 e. The van der Waals surface area contributed by atoms with Gasteiger partial charge < -0.3 is 5.32 Å². The Hall–Kier alpha value is -1.79. The molecular formula is C21H26BrN3O5S2. The molecule has 0 unspecified atom stereocenters. The largest absolute Gasteiger partial charge is 0.326 e. The molecule has 1 saturated carbocycles. The van der Waals surface area contributed by atoms with Gasteiger partial charge in [-0.2, -0.15) is 0 Å². The monoisotopic (exact) mass is 543 g/mol. The van der Waals surface area contributed by atoms with E-state index in [9.17, 15) is 21.6 Å². The molecule has 0 heterocycles. The van der Waals surface area contributed by atoms with Gasteiger partial charge in [0, 0.05) is 29.2 Å². The summed E-state index contributed by atoms with van der Waals surface area (Å²) in [6, 6.07) is 12.0. The molecule has 0 radical (unpaired) electrons. The van der Waals surface area contributed by atoms with Gasteiger partial charge in [-0.15, -0.1) is 0 Å². The Labute approximate surface area is 197 Å². The van der Waals surface area contributed by atoms with Gasteiger partial charge in [0.05, 0.1) is 9.79 Å². The molecule has 3 rings (SSSR count). The third-order valence-electron chi connectivity index (χ3n) is 5.14. The van der Waals surface area contributed by atoms with Gasteiger partial charge in [-0.25, -0.2) is 26.3 Å². The summed E-state index contributed by atoms with van der Waals surface area (Å²) in [5.74, 6) is -0.389. The van der Waals surface area contributed by atoms with Crippen LogP contribution in [0.2, 0.25) is 0 Å². The van der Waals surface area contributed by atoms with E-state index in [2.05, 4.69) is 30.7 Å². The number of rotatable bonds is 9. The minimum Gasteiger partial charge on any atom is -0.326 e. The normalized spacial score (nSPS) is 15.4. The molecule has 2 aromatic rings. The maximum atomic E-state index is 12.5. The standard InChI is InChI=1S/C21H26BrN3O5S2/c22-16-6-10-19(11-7-16)31(27,28)23-15-14-21(26)24-17-8-12-20(13-9-17)32(29,30)25-18-4-2-1-3-5-18/h6-13,18,23,25H,1-5,14-15H2,(H,24,26). The number of anilines is 1. The Balaban J connectivity index is 1.49. The van der Waals surface area contributed by atoms with Crippen molar-refractivity contribution < 1.29 is 21.6 Å². The van der Waals surface area contributed by atoms with Gasteiger partial charge >= 0.3 is 0 Å². The van der Waals surface area contributed by atoms with Crippen LogP contribution in [-0.2, 0) is 24.8 Å². The molecule has 1 fully saturated rings. The van der Waals surface area contributed by atoms with Crippen molar-refractivity contribution in [1.29, 1.82) is 0 Å². The molecule has 3 N–H and O–H groups in total. The van der Waals surface area contributed by atoms with E-state index in [-0.39, 0.29) is 34.7 Å². The Morgan fingerprint density at radius 2 is 1.41 bits per heavy atom. The number of amides is 1. The molecule has 2 aromatic carbocycles. The van der Waals surface area contributed by atoms with Crippen LogP contribution in [0.25, 0.3) is 0 Å². The first-order valence-corrected chi connectivity index (χ1v) is 14.1. The highest BCUT2D eigenvalue weighted by Gasteiger charge is 2.22. The molecule has 1 aliphatic carbocycles. The summed E-state index contributed by atoms with van der Waals surface area (Å²) in [4.78, 5) is 12.4. The molecule has 0 bridgehead atoms. The third kappa shape index (κ3) is 7.11. The predicted octanol–water partition coefficient (Wildman–Crippen LogP) is 3.37. The molecule has 0 atom stereocenters. The molecule has 32 heavy (non-hydrogen) atoms. The van der Waals surface area contributed by atoms with E-state index >= 15 is 0 Å². The second-order valence-electron chi connectivity index (χ2n) is 7.63. The minimum absolute atomic E-state index is 0.0330. The summed E-state index contributed by atoms with van der Waals surface area (Å²) >= 11 is 3.25. The van der Waals surface area contributed by atoms with E-state index in [1.165, 1.54) is 36.4 Å². The van der Waals surface area contributed by atoms with Crippen LogP contribution in [0.15, 0.2) is 62.8 Å². The van der Waals surface area contributed by atoms with Crippen molar-refractivity contribution in [3.63, 3.8) is 0 Å². The van der Waals surface area contributed by atoms with Gasteiger partial charge in [0.25, 0.3) is 0 Å². The van der Waals surface area contributed by atoms with E-state index in [0.717, 1.165) is 36.6 Å². The number of nitrogens with one attached hydrogen (secondary N) is 3. The zero-order valence-electron chi connectivity index (χ0n) is 17.4. The Bertz CT molecular complexity index is 1130. The average molecular weight is 544 g/mol. The topological polar surface area (TPSA) is 121 Å². The maximum absolute atomic E-state index is 12.5. The number of carbonyl (C=O) groups is 1. The highest BCUT2D eigenvalue weighted by Crippen LogP contribution is 2.21. The molecule has 0 aliphatic heterocycles. The second kappa shape index (κ2) is 10.9. The number of halogens is 1. The predicted molar refractivity (Wildman–Crippen MR) is 126 cm³/mol. The first-order valence-electron chi connectivity index (χ1n) is 10.3. The summed E-state index contributed by atoms with van der Waals surface area (Å²) in [6.45, 7) is -0.0675. The lowest BCUT2D eigenvalue weighted by Crippen LogP contribution is -2.36. The number of carbonyl (C=O) groups excluding carboxylic acids is 1. The molecule has 0 spiro atoms. The smallest absolute Gasteiger partial charge is 0.240 e. The lowest BCUT2D eigenvalue weighted by Gasteiger charge is -2.22. The zero-order chi connectivity index (χ0) is 23.2. The second-order valence-corrected chi connectivity index (χ2v) is 12.0. The van der Waals surface area contributed by atoms with E-state index in [1.54, 1.807) is 12.1 Å². The summed E-state index contributed by atoms with van der Waals surface area (Å²) in [5, 5.41) is 2.64. The minimum atomic E-state index is -3.70. The van der Waals surface area contributed by atoms with Crippen LogP contribution in [-0.4, -0.2) is 35.3 Å². The van der Waals surface area contributed by atoms with Crippen molar-refractivity contribution in [2.75, 3.05) is 11.9 Å². The van der Waals surface area contributed by atoms with Crippen LogP contribution >= 0.6 is 15.9 Å². The van der Waals surface area contributed by atoms with Gasteiger partial charge in [-0.3, -0.25) is 4.79 Å². The Morgan fingerprint density at radius 3 is 2.03 bits per heavy atom. The summed E-state index contributed by atoms with van der Waals surface area (Å²) in [5.41, 5.74) is 0.433. The van der Waals surface area contributed by atoms with Crippen LogP contribution in [0.5, 0.6) is 0 Å². The quantitative estimate of drug-likeness (QED) is 0.447. The Morgan fingerprint density at radius 1 is 0.844 bits per heavy atom. The average Bonchev–Trinajstić information content (AvgIpc) is 2.75. The zero-order valence-corrected chi connectivity index (χ0v) is 20.6. The fourth-order valence-corrected chi connectivity index (χ4v) is 6.05. The van der Waals surface area contributed by atoms with Gasteiger partial charge in [-0.1, -0.05) is 35.2 Å². The van der Waals surface area contributed by atoms with Crippen molar-refractivity contribution >= 4 is 47.6 Å². The fourth-order valence-electron chi connectivity index (χ4n) is 3.44. The number of hydrogen-bond donors (Lipinski definition) is 3. The summed E-state index contributed by atoms with van der Waals surface area (Å²) in [7, 11) is -7.31. The van der Waals surface area contributed by atoms with E-state index < -0.39 is 20.0 Å². The molecule has 8 nitrogen and oxygen atoms in total. The number of benzene rings is 2. The van der Waals surface area contributed by atoms with Crippen LogP contribution in [0, 0.1) is 0 Å². The van der Waals surface area contributed by atoms with E-state index in [1.807, 2.05) is 0 Å². The van der Waals surface area contributed by atoms with Crippen LogP contribution in [0.1, 0.15) is 38.5 Å². The van der Waals surface area contributed by atoms with Crippen molar-refractivity contribution in [3.8, 4) is 0 Å². The molecular weight excluding hydrogens is 518 g/mol. The van der Waals surface area contributed by atoms with Crippen molar-refractivity contribution in [3.05, 3.63) is 53.0 Å². The number of hydrogen-bond acceptors (Lipinski definition) is 5. The van der Waals surface area contributed by atoms with Gasteiger partial charge in [-0.05, 0) is 61.4 Å². The Kier molecular flexibility index (Phi) is 8.45.